The molecule has 0 amide bonds. The first-order chi connectivity index (χ1) is 9.34. The van der Waals surface area contributed by atoms with Crippen LogP contribution in [0.25, 0.3) is 27.3 Å². The van der Waals surface area contributed by atoms with Crippen LogP contribution < -0.4 is 5.56 Å². The normalized spacial score (nSPS) is 11.4. The van der Waals surface area contributed by atoms with E-state index >= 15 is 0 Å². The average molecular weight is 246 g/mol. The lowest BCUT2D eigenvalue weighted by atomic mass is 10.1. The van der Waals surface area contributed by atoms with Gasteiger partial charge in [-0.15, -0.1) is 0 Å². The molecular formula is C16H10N2O. The molecule has 0 saturated heterocycles. The minimum atomic E-state index is -0.174. The van der Waals surface area contributed by atoms with Crippen molar-refractivity contribution in [1.82, 2.24) is 9.38 Å². The van der Waals surface area contributed by atoms with Crippen molar-refractivity contribution >= 4 is 27.3 Å². The van der Waals surface area contributed by atoms with E-state index in [0.717, 1.165) is 16.3 Å². The second-order valence-corrected chi connectivity index (χ2v) is 4.53. The molecule has 2 aromatic carbocycles. The first-order valence-corrected chi connectivity index (χ1v) is 6.13. The van der Waals surface area contributed by atoms with Crippen LogP contribution in [0.4, 0.5) is 0 Å². The Labute approximate surface area is 108 Å². The van der Waals surface area contributed by atoms with Gasteiger partial charge in [0.25, 0.3) is 5.56 Å². The maximum atomic E-state index is 12.1. The number of benzene rings is 2. The van der Waals surface area contributed by atoms with Crippen molar-refractivity contribution in [2.75, 3.05) is 0 Å². The van der Waals surface area contributed by atoms with E-state index in [1.165, 1.54) is 0 Å². The highest BCUT2D eigenvalue weighted by molar-refractivity contribution is 5.96. The highest BCUT2D eigenvalue weighted by atomic mass is 16.1. The molecule has 19 heavy (non-hydrogen) atoms. The van der Waals surface area contributed by atoms with Gasteiger partial charge in [0.15, 0.2) is 0 Å². The third-order valence-corrected chi connectivity index (χ3v) is 3.43. The predicted octanol–water partition coefficient (Wildman–Crippen LogP) is 3.00. The lowest BCUT2D eigenvalue weighted by Gasteiger charge is -2.07. The maximum absolute atomic E-state index is 12.1. The molecule has 4 aromatic rings. The van der Waals surface area contributed by atoms with Crippen LogP contribution in [0.2, 0.25) is 0 Å². The van der Waals surface area contributed by atoms with Crippen molar-refractivity contribution in [3.05, 3.63) is 71.1 Å². The van der Waals surface area contributed by atoms with Gasteiger partial charge in [-0.1, -0.05) is 36.4 Å². The summed E-state index contributed by atoms with van der Waals surface area (Å²) < 4.78 is 1.97. The average Bonchev–Trinajstić information content (AvgIpc) is 2.47. The summed E-state index contributed by atoms with van der Waals surface area (Å²) in [7, 11) is 0. The van der Waals surface area contributed by atoms with Gasteiger partial charge < -0.3 is 4.40 Å². The molecule has 3 heteroatoms. The fourth-order valence-corrected chi connectivity index (χ4v) is 2.53. The number of aromatic nitrogens is 2. The molecule has 0 N–H and O–H groups in total. The molecule has 90 valence electrons. The van der Waals surface area contributed by atoms with Gasteiger partial charge in [0.2, 0.25) is 0 Å². The Morgan fingerprint density at radius 2 is 1.58 bits per heavy atom. The zero-order valence-electron chi connectivity index (χ0n) is 10.1. The zero-order chi connectivity index (χ0) is 12.8. The second-order valence-electron chi connectivity index (χ2n) is 4.53. The Hall–Kier alpha value is -2.68. The molecule has 0 atom stereocenters. The van der Waals surface area contributed by atoms with Gasteiger partial charge in [-0.25, -0.2) is 0 Å². The topological polar surface area (TPSA) is 34.4 Å². The Morgan fingerprint density at radius 1 is 0.842 bits per heavy atom. The second kappa shape index (κ2) is 3.65. The molecule has 0 radical (unpaired) electrons. The monoisotopic (exact) mass is 246 g/mol. The fraction of sp³-hybridized carbons (Fsp3) is 0. The molecule has 2 aromatic heterocycles. The van der Waals surface area contributed by atoms with Gasteiger partial charge in [-0.3, -0.25) is 4.79 Å². The SMILES string of the molecule is O=c1nc2c3ccccc3ccn2c2ccccc12. The van der Waals surface area contributed by atoms with Crippen LogP contribution in [0, 0.1) is 0 Å². The Balaban J connectivity index is 2.37. The third-order valence-electron chi connectivity index (χ3n) is 3.43. The van der Waals surface area contributed by atoms with Crippen molar-refractivity contribution in [1.29, 1.82) is 0 Å². The standard InChI is InChI=1S/C16H10N2O/c19-16-13-7-3-4-8-14(13)18-10-9-11-5-1-2-6-12(11)15(18)17-16/h1-10H. The molecule has 3 nitrogen and oxygen atoms in total. The number of rotatable bonds is 0. The van der Waals surface area contributed by atoms with Gasteiger partial charge >= 0.3 is 0 Å². The minimum Gasteiger partial charge on any atom is -0.300 e. The lowest BCUT2D eigenvalue weighted by Crippen LogP contribution is -2.10. The molecule has 0 unspecified atom stereocenters. The van der Waals surface area contributed by atoms with Crippen LogP contribution >= 0.6 is 0 Å². The summed E-state index contributed by atoms with van der Waals surface area (Å²) in [4.78, 5) is 16.4. The van der Waals surface area contributed by atoms with Crippen molar-refractivity contribution in [3.63, 3.8) is 0 Å². The number of fused-ring (bicyclic) bond motifs is 5. The third kappa shape index (κ3) is 1.38. The number of hydrogen-bond acceptors (Lipinski definition) is 2. The largest absolute Gasteiger partial charge is 0.300 e. The minimum absolute atomic E-state index is 0.174. The predicted molar refractivity (Wildman–Crippen MR) is 76.5 cm³/mol. The smallest absolute Gasteiger partial charge is 0.281 e. The summed E-state index contributed by atoms with van der Waals surface area (Å²) in [5, 5.41) is 2.73. The molecule has 0 spiro atoms. The molecule has 0 saturated carbocycles. The highest BCUT2D eigenvalue weighted by Crippen LogP contribution is 2.20. The fourth-order valence-electron chi connectivity index (χ4n) is 2.53. The molecule has 0 fully saturated rings. The van der Waals surface area contributed by atoms with Crippen LogP contribution in [-0.4, -0.2) is 9.38 Å². The Morgan fingerprint density at radius 3 is 2.47 bits per heavy atom. The van der Waals surface area contributed by atoms with Crippen molar-refractivity contribution in [3.8, 4) is 0 Å². The number of hydrogen-bond donors (Lipinski definition) is 0. The van der Waals surface area contributed by atoms with Gasteiger partial charge in [-0.2, -0.15) is 4.98 Å². The first kappa shape index (κ1) is 10.3. The zero-order valence-corrected chi connectivity index (χ0v) is 10.1. The van der Waals surface area contributed by atoms with Crippen molar-refractivity contribution in [2.45, 2.75) is 0 Å². The number of pyridine rings is 1. The summed E-state index contributed by atoms with van der Waals surface area (Å²) in [5.74, 6) is 0. The van der Waals surface area contributed by atoms with E-state index in [1.807, 2.05) is 65.2 Å². The summed E-state index contributed by atoms with van der Waals surface area (Å²) in [6.07, 6.45) is 1.96. The van der Waals surface area contributed by atoms with Gasteiger partial charge in [0.05, 0.1) is 10.9 Å². The highest BCUT2D eigenvalue weighted by Gasteiger charge is 2.06. The lowest BCUT2D eigenvalue weighted by molar-refractivity contribution is 1.15. The van der Waals surface area contributed by atoms with E-state index < -0.39 is 0 Å². The summed E-state index contributed by atoms with van der Waals surface area (Å²) in [6.45, 7) is 0. The first-order valence-electron chi connectivity index (χ1n) is 6.13. The molecule has 4 rings (SSSR count). The maximum Gasteiger partial charge on any atom is 0.281 e. The van der Waals surface area contributed by atoms with E-state index in [4.69, 9.17) is 0 Å². The van der Waals surface area contributed by atoms with Gasteiger partial charge in [0.1, 0.15) is 5.65 Å². The van der Waals surface area contributed by atoms with Crippen LogP contribution in [0.1, 0.15) is 0 Å². The van der Waals surface area contributed by atoms with E-state index in [1.54, 1.807) is 0 Å². The van der Waals surface area contributed by atoms with E-state index in [-0.39, 0.29) is 5.56 Å². The molecule has 0 aliphatic rings. The number of para-hydroxylation sites is 1. The van der Waals surface area contributed by atoms with Gasteiger partial charge in [-0.05, 0) is 23.6 Å². The van der Waals surface area contributed by atoms with Crippen LogP contribution in [0.15, 0.2) is 65.6 Å². The van der Waals surface area contributed by atoms with Gasteiger partial charge in [0, 0.05) is 11.6 Å². The molecule has 0 aliphatic heterocycles. The molecular weight excluding hydrogens is 236 g/mol. The summed E-state index contributed by atoms with van der Waals surface area (Å²) in [6, 6.07) is 17.6. The molecule has 0 aliphatic carbocycles. The number of nitrogens with zero attached hydrogens (tertiary/aromatic N) is 2. The van der Waals surface area contributed by atoms with E-state index in [2.05, 4.69) is 4.98 Å². The molecule has 2 heterocycles. The van der Waals surface area contributed by atoms with E-state index in [0.29, 0.717) is 11.0 Å². The van der Waals surface area contributed by atoms with Crippen LogP contribution in [0.3, 0.4) is 0 Å². The quantitative estimate of drug-likeness (QED) is 0.447. The molecule has 0 bridgehead atoms. The van der Waals surface area contributed by atoms with Crippen LogP contribution in [-0.2, 0) is 0 Å². The van der Waals surface area contributed by atoms with Crippen LogP contribution in [0.5, 0.6) is 0 Å². The Bertz CT molecular complexity index is 986. The van der Waals surface area contributed by atoms with E-state index in [9.17, 15) is 4.79 Å². The van der Waals surface area contributed by atoms with Crippen molar-refractivity contribution in [2.24, 2.45) is 0 Å². The summed E-state index contributed by atoms with van der Waals surface area (Å²) in [5.41, 5.74) is 1.43. The van der Waals surface area contributed by atoms with Crippen molar-refractivity contribution < 1.29 is 0 Å². The Kier molecular flexibility index (Phi) is 1.97. The summed E-state index contributed by atoms with van der Waals surface area (Å²) >= 11 is 0.